The van der Waals surface area contributed by atoms with Gasteiger partial charge in [-0.3, -0.25) is 9.36 Å². The molecule has 7 heteroatoms. The van der Waals surface area contributed by atoms with Crippen molar-refractivity contribution in [3.63, 3.8) is 0 Å². The van der Waals surface area contributed by atoms with Crippen molar-refractivity contribution >= 4 is 5.91 Å². The molecule has 1 aromatic heterocycles. The van der Waals surface area contributed by atoms with Gasteiger partial charge in [0.2, 0.25) is 5.91 Å². The van der Waals surface area contributed by atoms with E-state index in [1.807, 2.05) is 6.92 Å². The zero-order valence-corrected chi connectivity index (χ0v) is 10.7. The summed E-state index contributed by atoms with van der Waals surface area (Å²) in [5, 5.41) is 9.08. The third-order valence-electron chi connectivity index (χ3n) is 3.12. The summed E-state index contributed by atoms with van der Waals surface area (Å²) in [6, 6.07) is 1.54. The van der Waals surface area contributed by atoms with E-state index in [1.54, 1.807) is 11.0 Å². The molecule has 0 spiro atoms. The van der Waals surface area contributed by atoms with Crippen LogP contribution in [-0.4, -0.2) is 57.4 Å². The average Bonchev–Trinajstić information content (AvgIpc) is 2.42. The number of aliphatic hydroxyl groups excluding tert-OH is 1. The molecule has 1 saturated heterocycles. The topological polar surface area (TPSA) is 84.7 Å². The van der Waals surface area contributed by atoms with Gasteiger partial charge in [-0.2, -0.15) is 0 Å². The van der Waals surface area contributed by atoms with Crippen molar-refractivity contribution in [1.82, 2.24) is 14.5 Å². The number of ether oxygens (including phenoxy) is 1. The van der Waals surface area contributed by atoms with E-state index in [4.69, 9.17) is 9.84 Å². The van der Waals surface area contributed by atoms with E-state index in [2.05, 4.69) is 4.98 Å². The monoisotopic (exact) mass is 267 g/mol. The smallest absolute Gasteiger partial charge is 0.347 e. The van der Waals surface area contributed by atoms with E-state index < -0.39 is 5.69 Å². The zero-order chi connectivity index (χ0) is 13.8. The van der Waals surface area contributed by atoms with Crippen molar-refractivity contribution in [2.75, 3.05) is 19.8 Å². The van der Waals surface area contributed by atoms with Crippen LogP contribution < -0.4 is 5.69 Å². The number of amides is 1. The molecule has 0 aliphatic carbocycles. The van der Waals surface area contributed by atoms with Gasteiger partial charge in [0.15, 0.2) is 0 Å². The van der Waals surface area contributed by atoms with Crippen LogP contribution in [0.4, 0.5) is 0 Å². The highest BCUT2D eigenvalue weighted by Gasteiger charge is 2.29. The van der Waals surface area contributed by atoms with Gasteiger partial charge in [0.25, 0.3) is 0 Å². The van der Waals surface area contributed by atoms with E-state index in [0.717, 1.165) is 0 Å². The lowest BCUT2D eigenvalue weighted by atomic mass is 10.2. The molecule has 1 aliphatic heterocycles. The summed E-state index contributed by atoms with van der Waals surface area (Å²) in [7, 11) is 0. The van der Waals surface area contributed by atoms with Crippen LogP contribution >= 0.6 is 0 Å². The minimum Gasteiger partial charge on any atom is -0.394 e. The zero-order valence-electron chi connectivity index (χ0n) is 10.7. The van der Waals surface area contributed by atoms with Crippen LogP contribution in [0, 0.1) is 0 Å². The standard InChI is InChI=1S/C12H17N3O4/c1-9-8-19-10(7-16)5-15(9)11(17)6-14-4-2-3-13-12(14)18/h2-4,9-10,16H,5-8H2,1H3. The molecule has 0 bridgehead atoms. The van der Waals surface area contributed by atoms with E-state index in [1.165, 1.54) is 17.0 Å². The van der Waals surface area contributed by atoms with E-state index in [0.29, 0.717) is 13.2 Å². The van der Waals surface area contributed by atoms with E-state index in [-0.39, 0.29) is 31.2 Å². The van der Waals surface area contributed by atoms with Gasteiger partial charge in [-0.25, -0.2) is 9.78 Å². The maximum atomic E-state index is 12.2. The Kier molecular flexibility index (Phi) is 4.28. The highest BCUT2D eigenvalue weighted by Crippen LogP contribution is 2.12. The lowest BCUT2D eigenvalue weighted by Crippen LogP contribution is -2.53. The average molecular weight is 267 g/mol. The molecule has 0 saturated carbocycles. The Hall–Kier alpha value is -1.73. The molecule has 1 fully saturated rings. The molecule has 1 aromatic rings. The maximum Gasteiger partial charge on any atom is 0.347 e. The van der Waals surface area contributed by atoms with E-state index >= 15 is 0 Å². The van der Waals surface area contributed by atoms with Crippen LogP contribution in [-0.2, 0) is 16.1 Å². The third kappa shape index (κ3) is 3.18. The Morgan fingerprint density at radius 1 is 1.63 bits per heavy atom. The quantitative estimate of drug-likeness (QED) is 0.747. The van der Waals surface area contributed by atoms with Crippen molar-refractivity contribution < 1.29 is 14.6 Å². The molecule has 2 heterocycles. The molecule has 104 valence electrons. The first-order valence-corrected chi connectivity index (χ1v) is 6.15. The van der Waals surface area contributed by atoms with Crippen molar-refractivity contribution in [2.45, 2.75) is 25.6 Å². The number of hydrogen-bond acceptors (Lipinski definition) is 5. The Labute approximate surface area is 110 Å². The fourth-order valence-corrected chi connectivity index (χ4v) is 2.02. The molecular weight excluding hydrogens is 250 g/mol. The first-order chi connectivity index (χ1) is 9.11. The fraction of sp³-hybridized carbons (Fsp3) is 0.583. The Balaban J connectivity index is 2.06. The van der Waals surface area contributed by atoms with Crippen LogP contribution in [0.1, 0.15) is 6.92 Å². The molecule has 0 radical (unpaired) electrons. The number of aliphatic hydroxyl groups is 1. The van der Waals surface area contributed by atoms with Gasteiger partial charge in [-0.1, -0.05) is 0 Å². The molecule has 2 unspecified atom stereocenters. The number of morpholine rings is 1. The number of rotatable bonds is 3. The molecule has 2 rings (SSSR count). The van der Waals surface area contributed by atoms with Crippen LogP contribution in [0.15, 0.2) is 23.3 Å². The molecule has 0 aromatic carbocycles. The lowest BCUT2D eigenvalue weighted by Gasteiger charge is -2.37. The van der Waals surface area contributed by atoms with Crippen molar-refractivity contribution in [3.05, 3.63) is 28.9 Å². The number of hydrogen-bond donors (Lipinski definition) is 1. The van der Waals surface area contributed by atoms with Gasteiger partial charge in [-0.15, -0.1) is 0 Å². The summed E-state index contributed by atoms with van der Waals surface area (Å²) in [4.78, 5) is 28.9. The minimum absolute atomic E-state index is 0.0465. The molecular formula is C12H17N3O4. The summed E-state index contributed by atoms with van der Waals surface area (Å²) in [5.74, 6) is -0.177. The lowest BCUT2D eigenvalue weighted by molar-refractivity contribution is -0.146. The summed E-state index contributed by atoms with van der Waals surface area (Å²) in [6.07, 6.45) is 2.57. The summed E-state index contributed by atoms with van der Waals surface area (Å²) in [6.45, 7) is 2.43. The first kappa shape index (κ1) is 13.7. The van der Waals surface area contributed by atoms with Gasteiger partial charge in [0.1, 0.15) is 6.54 Å². The number of nitrogens with zero attached hydrogens (tertiary/aromatic N) is 3. The number of carbonyl (C=O) groups is 1. The Morgan fingerprint density at radius 2 is 2.42 bits per heavy atom. The molecule has 1 amide bonds. The molecule has 19 heavy (non-hydrogen) atoms. The first-order valence-electron chi connectivity index (χ1n) is 6.15. The van der Waals surface area contributed by atoms with Crippen LogP contribution in [0.3, 0.4) is 0 Å². The Bertz CT molecular complexity index is 502. The number of aromatic nitrogens is 2. The number of carbonyl (C=O) groups excluding carboxylic acids is 1. The predicted molar refractivity (Wildman–Crippen MR) is 66.5 cm³/mol. The van der Waals surface area contributed by atoms with Crippen molar-refractivity contribution in [2.24, 2.45) is 0 Å². The predicted octanol–water partition coefficient (Wildman–Crippen LogP) is -1.15. The third-order valence-corrected chi connectivity index (χ3v) is 3.12. The molecule has 2 atom stereocenters. The maximum absolute atomic E-state index is 12.2. The largest absolute Gasteiger partial charge is 0.394 e. The second-order valence-corrected chi connectivity index (χ2v) is 4.56. The highest BCUT2D eigenvalue weighted by molar-refractivity contribution is 5.76. The molecule has 1 aliphatic rings. The van der Waals surface area contributed by atoms with Gasteiger partial charge in [0.05, 0.1) is 25.4 Å². The minimum atomic E-state index is -0.449. The van der Waals surface area contributed by atoms with Gasteiger partial charge in [-0.05, 0) is 13.0 Å². The highest BCUT2D eigenvalue weighted by atomic mass is 16.5. The Morgan fingerprint density at radius 3 is 3.11 bits per heavy atom. The normalized spacial score (nSPS) is 23.4. The summed E-state index contributed by atoms with van der Waals surface area (Å²) in [5.41, 5.74) is -0.449. The SMILES string of the molecule is CC1COC(CO)CN1C(=O)Cn1cccnc1=O. The molecule has 1 N–H and O–H groups in total. The second kappa shape index (κ2) is 5.94. The summed E-state index contributed by atoms with van der Waals surface area (Å²) < 4.78 is 6.63. The van der Waals surface area contributed by atoms with Crippen LogP contribution in [0.5, 0.6) is 0 Å². The van der Waals surface area contributed by atoms with Gasteiger partial charge < -0.3 is 14.7 Å². The summed E-state index contributed by atoms with van der Waals surface area (Å²) >= 11 is 0. The van der Waals surface area contributed by atoms with Crippen molar-refractivity contribution in [1.29, 1.82) is 0 Å². The van der Waals surface area contributed by atoms with Crippen molar-refractivity contribution in [3.8, 4) is 0 Å². The van der Waals surface area contributed by atoms with Crippen LogP contribution in [0.2, 0.25) is 0 Å². The second-order valence-electron chi connectivity index (χ2n) is 4.56. The van der Waals surface area contributed by atoms with Gasteiger partial charge in [0, 0.05) is 18.9 Å². The van der Waals surface area contributed by atoms with Crippen LogP contribution in [0.25, 0.3) is 0 Å². The fourth-order valence-electron chi connectivity index (χ4n) is 2.02. The van der Waals surface area contributed by atoms with Gasteiger partial charge >= 0.3 is 5.69 Å². The van der Waals surface area contributed by atoms with E-state index in [9.17, 15) is 9.59 Å². The molecule has 7 nitrogen and oxygen atoms in total.